The number of amides is 1. The van der Waals surface area contributed by atoms with Gasteiger partial charge in [0.2, 0.25) is 5.88 Å². The number of nitrogens with two attached hydrogens (primary N) is 1. The van der Waals surface area contributed by atoms with Crippen molar-refractivity contribution in [2.45, 2.75) is 0 Å². The summed E-state index contributed by atoms with van der Waals surface area (Å²) in [6, 6.07) is 10.6. The topological polar surface area (TPSA) is 107 Å². The van der Waals surface area contributed by atoms with Crippen LogP contribution in [-0.2, 0) is 0 Å². The van der Waals surface area contributed by atoms with Gasteiger partial charge < -0.3 is 10.5 Å². The van der Waals surface area contributed by atoms with E-state index in [0.29, 0.717) is 22.9 Å². The van der Waals surface area contributed by atoms with E-state index in [0.717, 1.165) is 4.47 Å². The SMILES string of the molecule is NC(=O)c1n[nH]nc1-c1cccc(Oc2ccc(Br)cn2)c1. The number of primary amides is 1. The van der Waals surface area contributed by atoms with Crippen molar-refractivity contribution in [2.24, 2.45) is 5.73 Å². The molecule has 2 aromatic heterocycles. The summed E-state index contributed by atoms with van der Waals surface area (Å²) < 4.78 is 6.53. The minimum Gasteiger partial charge on any atom is -0.439 e. The van der Waals surface area contributed by atoms with Crippen molar-refractivity contribution in [3.63, 3.8) is 0 Å². The van der Waals surface area contributed by atoms with Gasteiger partial charge in [0.25, 0.3) is 5.91 Å². The van der Waals surface area contributed by atoms with Crippen LogP contribution in [0.25, 0.3) is 11.3 Å². The second-order valence-corrected chi connectivity index (χ2v) is 5.25. The number of carbonyl (C=O) groups is 1. The van der Waals surface area contributed by atoms with Crippen LogP contribution in [0.5, 0.6) is 11.6 Å². The summed E-state index contributed by atoms with van der Waals surface area (Å²) >= 11 is 3.31. The van der Waals surface area contributed by atoms with E-state index in [4.69, 9.17) is 10.5 Å². The number of nitrogens with one attached hydrogen (secondary N) is 1. The number of pyridine rings is 1. The molecule has 0 atom stereocenters. The van der Waals surface area contributed by atoms with Crippen molar-refractivity contribution in [3.8, 4) is 22.9 Å². The molecule has 0 aliphatic heterocycles. The van der Waals surface area contributed by atoms with E-state index in [2.05, 4.69) is 36.3 Å². The Labute approximate surface area is 133 Å². The van der Waals surface area contributed by atoms with Gasteiger partial charge in [-0.15, -0.1) is 0 Å². The minimum absolute atomic E-state index is 0.0823. The van der Waals surface area contributed by atoms with E-state index in [1.807, 2.05) is 6.07 Å². The Bertz CT molecular complexity index is 816. The van der Waals surface area contributed by atoms with Gasteiger partial charge in [-0.05, 0) is 34.1 Å². The average molecular weight is 360 g/mol. The highest BCUT2D eigenvalue weighted by Crippen LogP contribution is 2.27. The van der Waals surface area contributed by atoms with Crippen LogP contribution < -0.4 is 10.5 Å². The Kier molecular flexibility index (Phi) is 3.84. The molecule has 0 saturated heterocycles. The Hall–Kier alpha value is -2.74. The summed E-state index contributed by atoms with van der Waals surface area (Å²) in [5.41, 5.74) is 6.39. The summed E-state index contributed by atoms with van der Waals surface area (Å²) in [6.45, 7) is 0. The van der Waals surface area contributed by atoms with Gasteiger partial charge in [0.1, 0.15) is 11.4 Å². The molecule has 3 N–H and O–H groups in total. The number of hydrogen-bond donors (Lipinski definition) is 2. The largest absolute Gasteiger partial charge is 0.439 e. The molecule has 7 nitrogen and oxygen atoms in total. The van der Waals surface area contributed by atoms with Gasteiger partial charge in [-0.3, -0.25) is 4.79 Å². The van der Waals surface area contributed by atoms with Crippen LogP contribution in [0.2, 0.25) is 0 Å². The fourth-order valence-electron chi connectivity index (χ4n) is 1.85. The van der Waals surface area contributed by atoms with E-state index in [1.165, 1.54) is 0 Å². The molecule has 0 unspecified atom stereocenters. The van der Waals surface area contributed by atoms with E-state index in [9.17, 15) is 4.79 Å². The van der Waals surface area contributed by atoms with Crippen LogP contribution in [0.4, 0.5) is 0 Å². The normalized spacial score (nSPS) is 10.4. The number of benzene rings is 1. The molecule has 0 aliphatic carbocycles. The number of aromatic amines is 1. The predicted octanol–water partition coefficient (Wildman–Crippen LogP) is 2.52. The van der Waals surface area contributed by atoms with Crippen molar-refractivity contribution >= 4 is 21.8 Å². The zero-order valence-electron chi connectivity index (χ0n) is 11.2. The molecule has 8 heteroatoms. The third-order valence-corrected chi connectivity index (χ3v) is 3.28. The maximum atomic E-state index is 11.3. The maximum Gasteiger partial charge on any atom is 0.271 e. The van der Waals surface area contributed by atoms with E-state index < -0.39 is 5.91 Å². The molecule has 22 heavy (non-hydrogen) atoms. The number of nitrogens with zero attached hydrogens (tertiary/aromatic N) is 3. The number of aromatic nitrogens is 4. The number of ether oxygens (including phenoxy) is 1. The van der Waals surface area contributed by atoms with Crippen molar-refractivity contribution in [2.75, 3.05) is 0 Å². The number of hydrogen-bond acceptors (Lipinski definition) is 5. The minimum atomic E-state index is -0.648. The molecular formula is C14H10BrN5O2. The summed E-state index contributed by atoms with van der Waals surface area (Å²) in [5, 5.41) is 10.1. The first-order valence-electron chi connectivity index (χ1n) is 6.24. The van der Waals surface area contributed by atoms with E-state index in [1.54, 1.807) is 36.5 Å². The van der Waals surface area contributed by atoms with Gasteiger partial charge in [-0.25, -0.2) is 4.98 Å². The van der Waals surface area contributed by atoms with Gasteiger partial charge in [0.05, 0.1) is 0 Å². The van der Waals surface area contributed by atoms with Gasteiger partial charge >= 0.3 is 0 Å². The Morgan fingerprint density at radius 3 is 2.82 bits per heavy atom. The summed E-state index contributed by atoms with van der Waals surface area (Å²) in [5.74, 6) is 0.367. The molecule has 0 spiro atoms. The fourth-order valence-corrected chi connectivity index (χ4v) is 2.09. The molecule has 0 bridgehead atoms. The molecule has 0 aliphatic rings. The average Bonchev–Trinajstić information content (AvgIpc) is 3.00. The van der Waals surface area contributed by atoms with Crippen LogP contribution in [0.15, 0.2) is 47.1 Å². The van der Waals surface area contributed by atoms with Gasteiger partial charge in [0, 0.05) is 22.3 Å². The monoisotopic (exact) mass is 359 g/mol. The summed E-state index contributed by atoms with van der Waals surface area (Å²) in [7, 11) is 0. The van der Waals surface area contributed by atoms with Crippen molar-refractivity contribution in [1.82, 2.24) is 20.4 Å². The Morgan fingerprint density at radius 2 is 2.09 bits per heavy atom. The molecule has 1 amide bonds. The second kappa shape index (κ2) is 5.94. The standard InChI is InChI=1S/C14H10BrN5O2/c15-9-4-5-11(17-7-9)22-10-3-1-2-8(6-10)12-13(14(16)21)19-20-18-12/h1-7H,(H2,16,21)(H,18,19,20). The van der Waals surface area contributed by atoms with Gasteiger partial charge in [-0.1, -0.05) is 12.1 Å². The first kappa shape index (κ1) is 14.2. The third-order valence-electron chi connectivity index (χ3n) is 2.81. The number of carbonyl (C=O) groups excluding carboxylic acids is 1. The highest BCUT2D eigenvalue weighted by atomic mass is 79.9. The smallest absolute Gasteiger partial charge is 0.271 e. The molecule has 0 fully saturated rings. The first-order valence-corrected chi connectivity index (χ1v) is 7.03. The van der Waals surface area contributed by atoms with Crippen molar-refractivity contribution in [1.29, 1.82) is 0 Å². The maximum absolute atomic E-state index is 11.3. The van der Waals surface area contributed by atoms with Gasteiger partial charge in [0.15, 0.2) is 5.69 Å². The lowest BCUT2D eigenvalue weighted by Gasteiger charge is -2.06. The molecule has 110 valence electrons. The number of H-pyrrole nitrogens is 1. The molecule has 3 rings (SSSR count). The zero-order valence-corrected chi connectivity index (χ0v) is 12.7. The third kappa shape index (κ3) is 2.96. The van der Waals surface area contributed by atoms with Crippen LogP contribution in [-0.4, -0.2) is 26.3 Å². The second-order valence-electron chi connectivity index (χ2n) is 4.33. The molecule has 3 aromatic rings. The highest BCUT2D eigenvalue weighted by molar-refractivity contribution is 9.10. The molecule has 2 heterocycles. The lowest BCUT2D eigenvalue weighted by Crippen LogP contribution is -2.12. The summed E-state index contributed by atoms with van der Waals surface area (Å²) in [6.07, 6.45) is 1.64. The van der Waals surface area contributed by atoms with E-state index in [-0.39, 0.29) is 5.69 Å². The quantitative estimate of drug-likeness (QED) is 0.744. The van der Waals surface area contributed by atoms with Crippen LogP contribution in [0.1, 0.15) is 10.5 Å². The predicted molar refractivity (Wildman–Crippen MR) is 82.3 cm³/mol. The van der Waals surface area contributed by atoms with Crippen molar-refractivity contribution in [3.05, 3.63) is 52.8 Å². The number of rotatable bonds is 4. The molecule has 1 aromatic carbocycles. The Morgan fingerprint density at radius 1 is 1.23 bits per heavy atom. The Balaban J connectivity index is 1.91. The highest BCUT2D eigenvalue weighted by Gasteiger charge is 2.15. The van der Waals surface area contributed by atoms with Crippen LogP contribution in [0, 0.1) is 0 Å². The van der Waals surface area contributed by atoms with Crippen LogP contribution >= 0.6 is 15.9 Å². The lowest BCUT2D eigenvalue weighted by atomic mass is 10.1. The van der Waals surface area contributed by atoms with E-state index >= 15 is 0 Å². The lowest BCUT2D eigenvalue weighted by molar-refractivity contribution is 0.0996. The van der Waals surface area contributed by atoms with Crippen molar-refractivity contribution < 1.29 is 9.53 Å². The fraction of sp³-hybridized carbons (Fsp3) is 0. The number of halogens is 1. The molecule has 0 radical (unpaired) electrons. The molecule has 0 saturated carbocycles. The molecular weight excluding hydrogens is 350 g/mol. The van der Waals surface area contributed by atoms with Gasteiger partial charge in [-0.2, -0.15) is 15.4 Å². The summed E-state index contributed by atoms with van der Waals surface area (Å²) in [4.78, 5) is 15.5. The van der Waals surface area contributed by atoms with Crippen LogP contribution in [0.3, 0.4) is 0 Å². The zero-order chi connectivity index (χ0) is 15.5. The first-order chi connectivity index (χ1) is 10.6.